The number of piperazine rings is 1. The molecule has 16 heavy (non-hydrogen) atoms. The minimum Gasteiger partial charge on any atom is -0.395 e. The van der Waals surface area contributed by atoms with Gasteiger partial charge in [-0.05, 0) is 19.1 Å². The molecule has 88 valence electrons. The van der Waals surface area contributed by atoms with E-state index >= 15 is 0 Å². The molecule has 4 nitrogen and oxygen atoms in total. The van der Waals surface area contributed by atoms with Crippen molar-refractivity contribution in [3.63, 3.8) is 0 Å². The predicted molar refractivity (Wildman–Crippen MR) is 63.0 cm³/mol. The molecular weight excluding hydrogens is 202 g/mol. The zero-order chi connectivity index (χ0) is 11.4. The van der Waals surface area contributed by atoms with Gasteiger partial charge in [-0.25, -0.2) is 0 Å². The van der Waals surface area contributed by atoms with Crippen molar-refractivity contribution in [2.45, 2.75) is 25.6 Å². The van der Waals surface area contributed by atoms with Crippen LogP contribution in [0.4, 0.5) is 0 Å². The third-order valence-corrected chi connectivity index (χ3v) is 2.86. The fourth-order valence-electron chi connectivity index (χ4n) is 2.24. The summed E-state index contributed by atoms with van der Waals surface area (Å²) in [4.78, 5) is 6.66. The molecule has 0 amide bonds. The van der Waals surface area contributed by atoms with Gasteiger partial charge < -0.3 is 10.4 Å². The number of nitrogens with one attached hydrogen (secondary N) is 1. The molecule has 0 saturated carbocycles. The first kappa shape index (κ1) is 11.5. The van der Waals surface area contributed by atoms with E-state index in [1.165, 1.54) is 0 Å². The number of hydrogen-bond acceptors (Lipinski definition) is 4. The zero-order valence-electron chi connectivity index (χ0n) is 9.63. The molecule has 1 saturated heterocycles. The van der Waals surface area contributed by atoms with Crippen LogP contribution in [0, 0.1) is 0 Å². The molecule has 0 spiro atoms. The van der Waals surface area contributed by atoms with Crippen LogP contribution in [0.1, 0.15) is 12.6 Å². The molecule has 1 fully saturated rings. The summed E-state index contributed by atoms with van der Waals surface area (Å²) in [5.74, 6) is 0. The molecule has 1 aliphatic rings. The van der Waals surface area contributed by atoms with E-state index in [0.29, 0.717) is 6.04 Å². The van der Waals surface area contributed by atoms with Crippen molar-refractivity contribution >= 4 is 0 Å². The summed E-state index contributed by atoms with van der Waals surface area (Å²) in [7, 11) is 0. The largest absolute Gasteiger partial charge is 0.395 e. The molecule has 1 aliphatic heterocycles. The molecule has 0 bridgehead atoms. The molecule has 0 radical (unpaired) electrons. The molecule has 2 heterocycles. The van der Waals surface area contributed by atoms with Crippen LogP contribution in [-0.2, 0) is 6.54 Å². The van der Waals surface area contributed by atoms with Gasteiger partial charge in [0.2, 0.25) is 0 Å². The molecule has 0 aromatic carbocycles. The molecule has 2 unspecified atom stereocenters. The Bertz CT molecular complexity index is 317. The van der Waals surface area contributed by atoms with Gasteiger partial charge in [-0.3, -0.25) is 9.88 Å². The van der Waals surface area contributed by atoms with Crippen molar-refractivity contribution in [2.24, 2.45) is 0 Å². The van der Waals surface area contributed by atoms with Gasteiger partial charge in [-0.2, -0.15) is 0 Å². The number of pyridine rings is 1. The molecule has 2 N–H and O–H groups in total. The van der Waals surface area contributed by atoms with Crippen LogP contribution in [0.3, 0.4) is 0 Å². The first-order valence-corrected chi connectivity index (χ1v) is 5.77. The highest BCUT2D eigenvalue weighted by Crippen LogP contribution is 2.08. The van der Waals surface area contributed by atoms with Crippen molar-refractivity contribution in [2.75, 3.05) is 19.7 Å². The summed E-state index contributed by atoms with van der Waals surface area (Å²) < 4.78 is 0. The van der Waals surface area contributed by atoms with E-state index in [1.807, 2.05) is 24.4 Å². The maximum Gasteiger partial charge on any atom is 0.0597 e. The molecule has 1 aromatic rings. The topological polar surface area (TPSA) is 48.4 Å². The maximum absolute atomic E-state index is 9.19. The van der Waals surface area contributed by atoms with E-state index in [9.17, 15) is 5.11 Å². The lowest BCUT2D eigenvalue weighted by molar-refractivity contribution is 0.118. The first-order valence-electron chi connectivity index (χ1n) is 5.77. The second kappa shape index (κ2) is 5.39. The van der Waals surface area contributed by atoms with E-state index < -0.39 is 0 Å². The predicted octanol–water partition coefficient (Wildman–Crippen LogP) is 0.236. The van der Waals surface area contributed by atoms with Crippen LogP contribution >= 0.6 is 0 Å². The van der Waals surface area contributed by atoms with E-state index in [2.05, 4.69) is 22.1 Å². The van der Waals surface area contributed by atoms with Gasteiger partial charge in [0.15, 0.2) is 0 Å². The Kier molecular flexibility index (Phi) is 3.88. The lowest BCUT2D eigenvalue weighted by Crippen LogP contribution is -2.56. The Hall–Kier alpha value is -0.970. The first-order chi connectivity index (χ1) is 7.78. The number of rotatable bonds is 3. The second-order valence-corrected chi connectivity index (χ2v) is 4.46. The summed E-state index contributed by atoms with van der Waals surface area (Å²) in [6, 6.07) is 6.60. The molecule has 0 aliphatic carbocycles. The van der Waals surface area contributed by atoms with Crippen molar-refractivity contribution in [1.82, 2.24) is 15.2 Å². The summed E-state index contributed by atoms with van der Waals surface area (Å²) >= 11 is 0. The normalized spacial score (nSPS) is 26.9. The number of aliphatic hydroxyl groups is 1. The van der Waals surface area contributed by atoms with Crippen molar-refractivity contribution < 1.29 is 5.11 Å². The van der Waals surface area contributed by atoms with Crippen molar-refractivity contribution in [3.8, 4) is 0 Å². The Morgan fingerprint density at radius 1 is 1.50 bits per heavy atom. The van der Waals surface area contributed by atoms with E-state index in [0.717, 1.165) is 25.3 Å². The molecule has 2 rings (SSSR count). The van der Waals surface area contributed by atoms with Crippen molar-refractivity contribution in [3.05, 3.63) is 30.1 Å². The van der Waals surface area contributed by atoms with Gasteiger partial charge in [0, 0.05) is 37.9 Å². The van der Waals surface area contributed by atoms with E-state index in [4.69, 9.17) is 0 Å². The monoisotopic (exact) mass is 221 g/mol. The fourth-order valence-corrected chi connectivity index (χ4v) is 2.24. The second-order valence-electron chi connectivity index (χ2n) is 4.46. The van der Waals surface area contributed by atoms with Crippen LogP contribution in [0.5, 0.6) is 0 Å². The highest BCUT2D eigenvalue weighted by atomic mass is 16.3. The zero-order valence-corrected chi connectivity index (χ0v) is 9.63. The van der Waals surface area contributed by atoms with Gasteiger partial charge in [0.1, 0.15) is 0 Å². The summed E-state index contributed by atoms with van der Waals surface area (Å²) in [6.07, 6.45) is 1.82. The Labute approximate surface area is 96.3 Å². The molecular formula is C12H19N3O. The Morgan fingerprint density at radius 2 is 2.38 bits per heavy atom. The number of hydrogen-bond donors (Lipinski definition) is 2. The summed E-state index contributed by atoms with van der Waals surface area (Å²) in [6.45, 7) is 5.10. The van der Waals surface area contributed by atoms with Crippen molar-refractivity contribution in [1.29, 1.82) is 0 Å². The molecule has 1 aromatic heterocycles. The van der Waals surface area contributed by atoms with Crippen LogP contribution in [-0.4, -0.2) is 46.8 Å². The van der Waals surface area contributed by atoms with Gasteiger partial charge >= 0.3 is 0 Å². The van der Waals surface area contributed by atoms with Crippen LogP contribution in [0.25, 0.3) is 0 Å². The number of aromatic nitrogens is 1. The van der Waals surface area contributed by atoms with Crippen LogP contribution in [0.2, 0.25) is 0 Å². The Morgan fingerprint density at radius 3 is 3.06 bits per heavy atom. The van der Waals surface area contributed by atoms with Gasteiger partial charge in [-0.1, -0.05) is 6.07 Å². The molecule has 4 heteroatoms. The quantitative estimate of drug-likeness (QED) is 0.767. The SMILES string of the molecule is CC1CN(Cc2ccccn2)CC(CO)N1. The van der Waals surface area contributed by atoms with Crippen LogP contribution < -0.4 is 5.32 Å². The van der Waals surface area contributed by atoms with Gasteiger partial charge in [0.25, 0.3) is 0 Å². The van der Waals surface area contributed by atoms with Gasteiger partial charge in [0.05, 0.1) is 12.3 Å². The van der Waals surface area contributed by atoms with Crippen LogP contribution in [0.15, 0.2) is 24.4 Å². The van der Waals surface area contributed by atoms with E-state index in [1.54, 1.807) is 0 Å². The minimum atomic E-state index is 0.187. The average Bonchev–Trinajstić information content (AvgIpc) is 2.29. The lowest BCUT2D eigenvalue weighted by atomic mass is 10.1. The average molecular weight is 221 g/mol. The standard InChI is InChI=1S/C12H19N3O/c1-10-6-15(8-12(9-16)14-10)7-11-4-2-3-5-13-11/h2-5,10,12,14,16H,6-9H2,1H3. The third-order valence-electron chi connectivity index (χ3n) is 2.86. The van der Waals surface area contributed by atoms with Gasteiger partial charge in [-0.15, -0.1) is 0 Å². The van der Waals surface area contributed by atoms with E-state index in [-0.39, 0.29) is 12.6 Å². The maximum atomic E-state index is 9.19. The third kappa shape index (κ3) is 3.01. The summed E-state index contributed by atoms with van der Waals surface area (Å²) in [5, 5.41) is 12.6. The number of nitrogens with zero attached hydrogens (tertiary/aromatic N) is 2. The fraction of sp³-hybridized carbons (Fsp3) is 0.583. The lowest BCUT2D eigenvalue weighted by Gasteiger charge is -2.36. The highest BCUT2D eigenvalue weighted by Gasteiger charge is 2.23. The Balaban J connectivity index is 1.94. The highest BCUT2D eigenvalue weighted by molar-refractivity contribution is 5.03. The molecule has 2 atom stereocenters. The number of aliphatic hydroxyl groups excluding tert-OH is 1. The summed E-state index contributed by atoms with van der Waals surface area (Å²) in [5.41, 5.74) is 1.09. The minimum absolute atomic E-state index is 0.187. The smallest absolute Gasteiger partial charge is 0.0597 e.